The van der Waals surface area contributed by atoms with E-state index in [1.54, 1.807) is 19.4 Å². The zero-order valence-corrected chi connectivity index (χ0v) is 16.0. The molecule has 2 aromatic carbocycles. The van der Waals surface area contributed by atoms with E-state index >= 15 is 0 Å². The molecule has 0 aliphatic carbocycles. The number of amides is 1. The van der Waals surface area contributed by atoms with Crippen LogP contribution in [0.4, 0.5) is 5.82 Å². The summed E-state index contributed by atoms with van der Waals surface area (Å²) in [6, 6.07) is 13.4. The average molecular weight is 450 g/mol. The number of hydrogen-bond acceptors (Lipinski definition) is 3. The predicted octanol–water partition coefficient (Wildman–Crippen LogP) is 4.95. The molecule has 1 aromatic heterocycles. The fraction of sp³-hybridized carbons (Fsp3) is 0.111. The molecule has 122 valence electrons. The van der Waals surface area contributed by atoms with Crippen LogP contribution in [-0.2, 0) is 11.2 Å². The van der Waals surface area contributed by atoms with Gasteiger partial charge < -0.3 is 10.1 Å². The minimum absolute atomic E-state index is 0.140. The molecule has 4 nitrogen and oxygen atoms in total. The van der Waals surface area contributed by atoms with E-state index in [1.807, 2.05) is 36.4 Å². The second-order valence-electron chi connectivity index (χ2n) is 5.20. The first-order valence-corrected chi connectivity index (χ1v) is 8.82. The molecular formula is C18H14Br2N2O2. The number of aromatic nitrogens is 1. The molecule has 1 amide bonds. The summed E-state index contributed by atoms with van der Waals surface area (Å²) in [7, 11) is 1.61. The lowest BCUT2D eigenvalue weighted by molar-refractivity contribution is -0.115. The van der Waals surface area contributed by atoms with Gasteiger partial charge in [-0.3, -0.25) is 4.79 Å². The van der Waals surface area contributed by atoms with E-state index in [9.17, 15) is 4.79 Å². The Labute approximate surface area is 156 Å². The maximum atomic E-state index is 12.4. The van der Waals surface area contributed by atoms with Crippen LogP contribution in [0, 0.1) is 0 Å². The standard InChI is InChI=1S/C18H14Br2N2O2/c1-24-16-6-2-11-8-12(19)3-5-14(11)15(16)9-18(23)22-17-7-4-13(20)10-21-17/h2-8,10H,9H2,1H3,(H,21,22,23). The van der Waals surface area contributed by atoms with Crippen LogP contribution in [0.1, 0.15) is 5.56 Å². The largest absolute Gasteiger partial charge is 0.496 e. The molecule has 3 aromatic rings. The third-order valence-electron chi connectivity index (χ3n) is 3.60. The van der Waals surface area contributed by atoms with Gasteiger partial charge in [0.1, 0.15) is 11.6 Å². The molecule has 0 saturated carbocycles. The molecule has 3 rings (SSSR count). The van der Waals surface area contributed by atoms with E-state index in [4.69, 9.17) is 4.74 Å². The molecule has 0 atom stereocenters. The highest BCUT2D eigenvalue weighted by molar-refractivity contribution is 9.10. The molecule has 1 heterocycles. The van der Waals surface area contributed by atoms with Crippen molar-refractivity contribution < 1.29 is 9.53 Å². The number of fused-ring (bicyclic) bond motifs is 1. The number of benzene rings is 2. The Bertz CT molecular complexity index is 895. The number of halogens is 2. The van der Waals surface area contributed by atoms with E-state index in [1.165, 1.54) is 0 Å². The van der Waals surface area contributed by atoms with Crippen molar-refractivity contribution in [2.75, 3.05) is 12.4 Å². The van der Waals surface area contributed by atoms with Gasteiger partial charge in [0, 0.05) is 20.7 Å². The van der Waals surface area contributed by atoms with Crippen molar-refractivity contribution in [3.63, 3.8) is 0 Å². The summed E-state index contributed by atoms with van der Waals surface area (Å²) in [4.78, 5) is 16.6. The van der Waals surface area contributed by atoms with Crippen molar-refractivity contribution in [2.24, 2.45) is 0 Å². The number of carbonyl (C=O) groups is 1. The van der Waals surface area contributed by atoms with Crippen LogP contribution in [0.3, 0.4) is 0 Å². The zero-order valence-electron chi connectivity index (χ0n) is 12.8. The summed E-state index contributed by atoms with van der Waals surface area (Å²) in [6.45, 7) is 0. The highest BCUT2D eigenvalue weighted by Gasteiger charge is 2.13. The number of nitrogens with one attached hydrogen (secondary N) is 1. The van der Waals surface area contributed by atoms with E-state index in [0.29, 0.717) is 11.6 Å². The first-order valence-electron chi connectivity index (χ1n) is 7.23. The number of hydrogen-bond donors (Lipinski definition) is 1. The van der Waals surface area contributed by atoms with Crippen molar-refractivity contribution in [1.29, 1.82) is 0 Å². The highest BCUT2D eigenvalue weighted by Crippen LogP contribution is 2.30. The number of pyridine rings is 1. The molecule has 0 radical (unpaired) electrons. The Morgan fingerprint density at radius 1 is 1.12 bits per heavy atom. The first kappa shape index (κ1) is 16.9. The van der Waals surface area contributed by atoms with Gasteiger partial charge in [-0.15, -0.1) is 0 Å². The van der Waals surface area contributed by atoms with Gasteiger partial charge >= 0.3 is 0 Å². The summed E-state index contributed by atoms with van der Waals surface area (Å²) in [5, 5.41) is 4.86. The van der Waals surface area contributed by atoms with Crippen molar-refractivity contribution in [2.45, 2.75) is 6.42 Å². The SMILES string of the molecule is COc1ccc2cc(Br)ccc2c1CC(=O)Nc1ccc(Br)cn1. The Morgan fingerprint density at radius 3 is 2.62 bits per heavy atom. The number of nitrogens with zero attached hydrogens (tertiary/aromatic N) is 1. The molecular weight excluding hydrogens is 436 g/mol. The fourth-order valence-electron chi connectivity index (χ4n) is 2.52. The van der Waals surface area contributed by atoms with Crippen LogP contribution >= 0.6 is 31.9 Å². The minimum atomic E-state index is -0.140. The Balaban J connectivity index is 1.90. The molecule has 0 unspecified atom stereocenters. The van der Waals surface area contributed by atoms with Gasteiger partial charge in [0.15, 0.2) is 0 Å². The Hall–Kier alpha value is -1.92. The predicted molar refractivity (Wildman–Crippen MR) is 102 cm³/mol. The first-order chi connectivity index (χ1) is 11.6. The third kappa shape index (κ3) is 3.76. The van der Waals surface area contributed by atoms with Crippen LogP contribution < -0.4 is 10.1 Å². The minimum Gasteiger partial charge on any atom is -0.496 e. The van der Waals surface area contributed by atoms with Crippen molar-refractivity contribution >= 4 is 54.4 Å². The molecule has 0 saturated heterocycles. The van der Waals surface area contributed by atoms with Crippen molar-refractivity contribution in [1.82, 2.24) is 4.98 Å². The molecule has 6 heteroatoms. The quantitative estimate of drug-likeness (QED) is 0.613. The molecule has 0 aliphatic heterocycles. The third-order valence-corrected chi connectivity index (χ3v) is 4.56. The summed E-state index contributed by atoms with van der Waals surface area (Å²) in [6.07, 6.45) is 1.85. The van der Waals surface area contributed by atoms with Crippen LogP contribution in [-0.4, -0.2) is 18.0 Å². The number of anilines is 1. The Morgan fingerprint density at radius 2 is 1.92 bits per heavy atom. The van der Waals surface area contributed by atoms with E-state index in [2.05, 4.69) is 42.2 Å². The molecule has 1 N–H and O–H groups in total. The van der Waals surface area contributed by atoms with Gasteiger partial charge in [0.2, 0.25) is 5.91 Å². The van der Waals surface area contributed by atoms with Crippen LogP contribution in [0.25, 0.3) is 10.8 Å². The van der Waals surface area contributed by atoms with Gasteiger partial charge in [-0.2, -0.15) is 0 Å². The van der Waals surface area contributed by atoms with Crippen LogP contribution in [0.5, 0.6) is 5.75 Å². The topological polar surface area (TPSA) is 51.2 Å². The lowest BCUT2D eigenvalue weighted by atomic mass is 10.0. The lowest BCUT2D eigenvalue weighted by Gasteiger charge is -2.12. The lowest BCUT2D eigenvalue weighted by Crippen LogP contribution is -2.16. The maximum absolute atomic E-state index is 12.4. The molecule has 24 heavy (non-hydrogen) atoms. The normalized spacial score (nSPS) is 10.6. The van der Waals surface area contributed by atoms with Gasteiger partial charge in [-0.1, -0.05) is 28.1 Å². The van der Waals surface area contributed by atoms with E-state index in [-0.39, 0.29) is 12.3 Å². The van der Waals surface area contributed by atoms with Crippen molar-refractivity contribution in [3.05, 3.63) is 63.2 Å². The van der Waals surface area contributed by atoms with Gasteiger partial charge in [0.25, 0.3) is 0 Å². The average Bonchev–Trinajstić information content (AvgIpc) is 2.57. The van der Waals surface area contributed by atoms with Crippen LogP contribution in [0.2, 0.25) is 0 Å². The molecule has 0 bridgehead atoms. The van der Waals surface area contributed by atoms with Crippen molar-refractivity contribution in [3.8, 4) is 5.75 Å². The Kier molecular flexibility index (Phi) is 5.16. The van der Waals surface area contributed by atoms with E-state index in [0.717, 1.165) is 25.3 Å². The number of rotatable bonds is 4. The van der Waals surface area contributed by atoms with Gasteiger partial charge in [-0.05, 0) is 57.0 Å². The summed E-state index contributed by atoms with van der Waals surface area (Å²) >= 11 is 6.79. The molecule has 0 fully saturated rings. The van der Waals surface area contributed by atoms with Gasteiger partial charge in [-0.25, -0.2) is 4.98 Å². The summed E-state index contributed by atoms with van der Waals surface area (Å²) in [5.41, 5.74) is 0.858. The smallest absolute Gasteiger partial charge is 0.230 e. The fourth-order valence-corrected chi connectivity index (χ4v) is 3.13. The summed E-state index contributed by atoms with van der Waals surface area (Å²) < 4.78 is 7.29. The maximum Gasteiger partial charge on any atom is 0.230 e. The molecule has 0 aliphatic rings. The van der Waals surface area contributed by atoms with Gasteiger partial charge in [0.05, 0.1) is 13.5 Å². The second-order valence-corrected chi connectivity index (χ2v) is 7.03. The van der Waals surface area contributed by atoms with Crippen LogP contribution in [0.15, 0.2) is 57.6 Å². The monoisotopic (exact) mass is 448 g/mol. The highest BCUT2D eigenvalue weighted by atomic mass is 79.9. The second kappa shape index (κ2) is 7.32. The molecule has 0 spiro atoms. The zero-order chi connectivity index (χ0) is 17.1. The summed E-state index contributed by atoms with van der Waals surface area (Å²) in [5.74, 6) is 1.08. The number of carbonyl (C=O) groups excluding carboxylic acids is 1. The number of methoxy groups -OCH3 is 1. The number of ether oxygens (including phenoxy) is 1. The van der Waals surface area contributed by atoms with E-state index < -0.39 is 0 Å².